The van der Waals surface area contributed by atoms with Crippen molar-refractivity contribution in [3.63, 3.8) is 0 Å². The molecule has 1 aliphatic carbocycles. The Labute approximate surface area is 176 Å². The molecule has 1 unspecified atom stereocenters. The summed E-state index contributed by atoms with van der Waals surface area (Å²) in [7, 11) is 0. The Kier molecular flexibility index (Phi) is 4.72. The molecule has 0 spiro atoms. The number of nitrogens with one attached hydrogen (secondary N) is 2. The molecular formula is C20H21F3N6O2. The number of pyridine rings is 1. The summed E-state index contributed by atoms with van der Waals surface area (Å²) in [5, 5.41) is 5.80. The number of carbonyl (C=O) groups is 1. The lowest BCUT2D eigenvalue weighted by Gasteiger charge is -2.33. The van der Waals surface area contributed by atoms with Gasteiger partial charge in [-0.2, -0.15) is 13.2 Å². The van der Waals surface area contributed by atoms with Gasteiger partial charge in [-0.05, 0) is 31.9 Å². The van der Waals surface area contributed by atoms with Crippen LogP contribution in [0.4, 0.5) is 29.6 Å². The number of rotatable bonds is 3. The summed E-state index contributed by atoms with van der Waals surface area (Å²) < 4.78 is 46.7. The van der Waals surface area contributed by atoms with E-state index in [1.807, 2.05) is 11.8 Å². The highest BCUT2D eigenvalue weighted by Gasteiger charge is 2.42. The number of fused-ring (bicyclic) bond motifs is 1. The van der Waals surface area contributed by atoms with E-state index in [9.17, 15) is 18.0 Å². The summed E-state index contributed by atoms with van der Waals surface area (Å²) in [6.45, 7) is 3.71. The van der Waals surface area contributed by atoms with E-state index in [0.29, 0.717) is 25.2 Å². The molecule has 1 saturated heterocycles. The monoisotopic (exact) mass is 434 g/mol. The molecule has 0 aromatic carbocycles. The fourth-order valence-corrected chi connectivity index (χ4v) is 4.10. The molecule has 5 rings (SSSR count). The van der Waals surface area contributed by atoms with E-state index in [1.54, 1.807) is 0 Å². The average molecular weight is 434 g/mol. The SMILES string of the molecule is C[C@H]1CN(c2cc(C(F)(F)F)cc(-c3ncnc4c3C(C3CC3)OC(=O)N4)n2)CCN1. The first-order chi connectivity index (χ1) is 14.8. The molecule has 0 bridgehead atoms. The largest absolute Gasteiger partial charge is 0.441 e. The first-order valence-corrected chi connectivity index (χ1v) is 10.2. The van der Waals surface area contributed by atoms with Gasteiger partial charge < -0.3 is 15.0 Å². The van der Waals surface area contributed by atoms with Crippen molar-refractivity contribution in [2.75, 3.05) is 29.9 Å². The molecule has 2 aromatic heterocycles. The minimum atomic E-state index is -4.54. The molecule has 8 nitrogen and oxygen atoms in total. The van der Waals surface area contributed by atoms with Crippen LogP contribution in [0.3, 0.4) is 0 Å². The van der Waals surface area contributed by atoms with Crippen molar-refractivity contribution in [1.82, 2.24) is 20.3 Å². The van der Waals surface area contributed by atoms with E-state index < -0.39 is 23.9 Å². The van der Waals surface area contributed by atoms with Crippen LogP contribution in [0.25, 0.3) is 11.4 Å². The number of piperazine rings is 1. The van der Waals surface area contributed by atoms with Crippen molar-refractivity contribution >= 4 is 17.7 Å². The van der Waals surface area contributed by atoms with Crippen LogP contribution in [0, 0.1) is 5.92 Å². The van der Waals surface area contributed by atoms with Gasteiger partial charge in [0.05, 0.1) is 16.8 Å². The molecule has 2 N–H and O–H groups in total. The Balaban J connectivity index is 1.64. The lowest BCUT2D eigenvalue weighted by molar-refractivity contribution is -0.137. The first kappa shape index (κ1) is 20.0. The molecule has 2 aromatic rings. The summed E-state index contributed by atoms with van der Waals surface area (Å²) in [5.74, 6) is 0.609. The van der Waals surface area contributed by atoms with Crippen LogP contribution >= 0.6 is 0 Å². The van der Waals surface area contributed by atoms with Crippen molar-refractivity contribution in [3.8, 4) is 11.4 Å². The summed E-state index contributed by atoms with van der Waals surface area (Å²) >= 11 is 0. The van der Waals surface area contributed by atoms with Gasteiger partial charge in [-0.3, -0.25) is 5.32 Å². The van der Waals surface area contributed by atoms with Crippen molar-refractivity contribution in [1.29, 1.82) is 0 Å². The van der Waals surface area contributed by atoms with Gasteiger partial charge in [-0.25, -0.2) is 19.7 Å². The predicted molar refractivity (Wildman–Crippen MR) is 106 cm³/mol. The summed E-state index contributed by atoms with van der Waals surface area (Å²) in [5.41, 5.74) is 0.0170. The lowest BCUT2D eigenvalue weighted by atomic mass is 9.99. The van der Waals surface area contributed by atoms with Gasteiger partial charge >= 0.3 is 12.3 Å². The standard InChI is InChI=1S/C20H21F3N6O2/c1-10-8-29(5-4-24-10)14-7-12(20(21,22)23)6-13(27-14)16-15-17(11-2-3-11)31-19(30)28-18(15)26-9-25-16/h6-7,9-11,17,24H,2-5,8H2,1H3,(H,25,26,28,30)/t10-,17?/m0/s1. The Morgan fingerprint density at radius 3 is 2.74 bits per heavy atom. The summed E-state index contributed by atoms with van der Waals surface area (Å²) in [4.78, 5) is 26.7. The molecule has 2 aliphatic heterocycles. The number of nitrogens with zero attached hydrogens (tertiary/aromatic N) is 4. The van der Waals surface area contributed by atoms with Crippen molar-refractivity contribution < 1.29 is 22.7 Å². The zero-order valence-corrected chi connectivity index (χ0v) is 16.7. The Bertz CT molecular complexity index is 1030. The predicted octanol–water partition coefficient (Wildman–Crippen LogP) is 3.37. The number of halogens is 3. The number of alkyl halides is 3. The van der Waals surface area contributed by atoms with Gasteiger partial charge in [0.1, 0.15) is 29.8 Å². The number of cyclic esters (lactones) is 1. The number of ether oxygens (including phenoxy) is 1. The number of hydrogen-bond acceptors (Lipinski definition) is 7. The van der Waals surface area contributed by atoms with Crippen LogP contribution in [0.1, 0.15) is 37.0 Å². The van der Waals surface area contributed by atoms with Crippen molar-refractivity contribution in [3.05, 3.63) is 29.6 Å². The molecule has 1 amide bonds. The number of hydrogen-bond donors (Lipinski definition) is 2. The number of amides is 1. The van der Waals surface area contributed by atoms with Gasteiger partial charge in [0.25, 0.3) is 0 Å². The summed E-state index contributed by atoms with van der Waals surface area (Å²) in [6.07, 6.45) is -2.81. The molecule has 3 aliphatic rings. The third-order valence-electron chi connectivity index (χ3n) is 5.75. The van der Waals surface area contributed by atoms with Gasteiger partial charge in [0.15, 0.2) is 0 Å². The highest BCUT2D eigenvalue weighted by atomic mass is 19.4. The highest BCUT2D eigenvalue weighted by molar-refractivity contribution is 5.88. The zero-order chi connectivity index (χ0) is 21.8. The third-order valence-corrected chi connectivity index (χ3v) is 5.75. The van der Waals surface area contributed by atoms with Crippen molar-refractivity contribution in [2.45, 2.75) is 38.1 Å². The molecule has 31 heavy (non-hydrogen) atoms. The van der Waals surface area contributed by atoms with Gasteiger partial charge in [0, 0.05) is 31.6 Å². The Hall–Kier alpha value is -2.95. The van der Waals surface area contributed by atoms with Crippen LogP contribution < -0.4 is 15.5 Å². The van der Waals surface area contributed by atoms with Gasteiger partial charge in [-0.1, -0.05) is 0 Å². The molecular weight excluding hydrogens is 413 g/mol. The molecule has 11 heteroatoms. The second-order valence-corrected chi connectivity index (χ2v) is 8.17. The highest BCUT2D eigenvalue weighted by Crippen LogP contribution is 2.49. The van der Waals surface area contributed by atoms with Crippen molar-refractivity contribution in [2.24, 2.45) is 5.92 Å². The van der Waals surface area contributed by atoms with Gasteiger partial charge in [0.2, 0.25) is 0 Å². The lowest BCUT2D eigenvalue weighted by Crippen LogP contribution is -2.49. The Morgan fingerprint density at radius 2 is 2.03 bits per heavy atom. The molecule has 164 valence electrons. The molecule has 0 radical (unpaired) electrons. The number of carbonyl (C=O) groups excluding carboxylic acids is 1. The maximum Gasteiger partial charge on any atom is 0.416 e. The number of anilines is 2. The minimum absolute atomic E-state index is 0.0834. The van der Waals surface area contributed by atoms with Crippen LogP contribution in [0.5, 0.6) is 0 Å². The Morgan fingerprint density at radius 1 is 1.23 bits per heavy atom. The first-order valence-electron chi connectivity index (χ1n) is 10.2. The van der Waals surface area contributed by atoms with Crippen LogP contribution in [-0.2, 0) is 10.9 Å². The topological polar surface area (TPSA) is 92.3 Å². The minimum Gasteiger partial charge on any atom is -0.441 e. The third kappa shape index (κ3) is 3.89. The fraction of sp³-hybridized carbons (Fsp3) is 0.500. The van der Waals surface area contributed by atoms with Crippen LogP contribution in [0.2, 0.25) is 0 Å². The quantitative estimate of drug-likeness (QED) is 0.765. The fourth-order valence-electron chi connectivity index (χ4n) is 4.10. The smallest absolute Gasteiger partial charge is 0.416 e. The van der Waals surface area contributed by atoms with E-state index in [2.05, 4.69) is 25.6 Å². The van der Waals surface area contributed by atoms with E-state index >= 15 is 0 Å². The molecule has 2 fully saturated rings. The second kappa shape index (κ2) is 7.33. The molecule has 2 atom stereocenters. The van der Waals surface area contributed by atoms with E-state index in [4.69, 9.17) is 4.74 Å². The van der Waals surface area contributed by atoms with E-state index in [0.717, 1.165) is 25.0 Å². The maximum atomic E-state index is 13.7. The summed E-state index contributed by atoms with van der Waals surface area (Å²) in [6, 6.07) is 2.20. The van der Waals surface area contributed by atoms with Gasteiger partial charge in [-0.15, -0.1) is 0 Å². The van der Waals surface area contributed by atoms with Crippen LogP contribution in [-0.4, -0.2) is 46.7 Å². The van der Waals surface area contributed by atoms with Crippen LogP contribution in [0.15, 0.2) is 18.5 Å². The normalized spacial score (nSPS) is 23.7. The number of aromatic nitrogens is 3. The second-order valence-electron chi connectivity index (χ2n) is 8.17. The van der Waals surface area contributed by atoms with E-state index in [1.165, 1.54) is 6.33 Å². The maximum absolute atomic E-state index is 13.7. The average Bonchev–Trinajstić information content (AvgIpc) is 3.57. The van der Waals surface area contributed by atoms with E-state index in [-0.39, 0.29) is 35.0 Å². The zero-order valence-electron chi connectivity index (χ0n) is 16.7. The molecule has 1 saturated carbocycles. The molecule has 4 heterocycles.